The highest BCUT2D eigenvalue weighted by Gasteiger charge is 2.34. The predicted octanol–water partition coefficient (Wildman–Crippen LogP) is 2.34. The Morgan fingerprint density at radius 2 is 2.11 bits per heavy atom. The summed E-state index contributed by atoms with van der Waals surface area (Å²) in [5.74, 6) is 0.323. The largest absolute Gasteiger partial charge is 0.392 e. The number of hydrogen-bond acceptors (Lipinski definition) is 3. The smallest absolute Gasteiger partial charge is 0.238 e. The number of nitrogens with two attached hydrogens (primary N) is 1. The van der Waals surface area contributed by atoms with Gasteiger partial charge in [-0.25, -0.2) is 4.98 Å². The lowest BCUT2D eigenvalue weighted by molar-refractivity contribution is -0.121. The van der Waals surface area contributed by atoms with Gasteiger partial charge in [-0.1, -0.05) is 19.1 Å². The van der Waals surface area contributed by atoms with E-state index in [1.54, 1.807) is 6.92 Å². The fraction of sp³-hybridized carbons (Fsp3) is 0.462. The van der Waals surface area contributed by atoms with Crippen molar-refractivity contribution in [2.45, 2.75) is 34.1 Å². The number of nitrogens with one attached hydrogen (secondary N) is 1. The van der Waals surface area contributed by atoms with E-state index in [0.29, 0.717) is 12.2 Å². The van der Waals surface area contributed by atoms with Gasteiger partial charge in [-0.3, -0.25) is 4.79 Å². The van der Waals surface area contributed by atoms with Gasteiger partial charge in [-0.2, -0.15) is 0 Å². The zero-order chi connectivity index (χ0) is 13.9. The van der Waals surface area contributed by atoms with E-state index in [4.69, 9.17) is 18.0 Å². The van der Waals surface area contributed by atoms with Crippen LogP contribution in [-0.4, -0.2) is 15.9 Å². The topological polar surface area (TPSA) is 68.0 Å². The maximum atomic E-state index is 12.2. The number of nitrogens with zero attached hydrogens (tertiary/aromatic N) is 1. The molecule has 0 aliphatic carbocycles. The van der Waals surface area contributed by atoms with Crippen molar-refractivity contribution in [2.24, 2.45) is 11.1 Å². The van der Waals surface area contributed by atoms with E-state index >= 15 is 0 Å². The van der Waals surface area contributed by atoms with Crippen LogP contribution in [-0.2, 0) is 4.79 Å². The van der Waals surface area contributed by atoms with Gasteiger partial charge >= 0.3 is 0 Å². The van der Waals surface area contributed by atoms with Crippen LogP contribution in [0, 0.1) is 19.3 Å². The average molecular weight is 265 g/mol. The summed E-state index contributed by atoms with van der Waals surface area (Å²) in [5.41, 5.74) is 6.71. The molecule has 0 saturated carbocycles. The zero-order valence-corrected chi connectivity index (χ0v) is 12.0. The fourth-order valence-corrected chi connectivity index (χ4v) is 1.84. The van der Waals surface area contributed by atoms with Crippen molar-refractivity contribution in [2.75, 3.05) is 5.32 Å². The molecule has 4 nitrogen and oxygen atoms in total. The third kappa shape index (κ3) is 3.04. The van der Waals surface area contributed by atoms with Gasteiger partial charge < -0.3 is 11.1 Å². The summed E-state index contributed by atoms with van der Waals surface area (Å²) in [6, 6.07) is 3.77. The highest BCUT2D eigenvalue weighted by Crippen LogP contribution is 2.23. The van der Waals surface area contributed by atoms with Crippen LogP contribution in [0.15, 0.2) is 12.1 Å². The summed E-state index contributed by atoms with van der Waals surface area (Å²) in [7, 11) is 0. The van der Waals surface area contributed by atoms with Crippen molar-refractivity contribution in [3.05, 3.63) is 23.4 Å². The standard InChI is InChI=1S/C13H19N3OS/c1-5-13(4,11(14)18)12(17)16-10-7-8(2)6-9(3)15-10/h6-7H,5H2,1-4H3,(H2,14,18)(H,15,16,17). The lowest BCUT2D eigenvalue weighted by atomic mass is 9.86. The number of pyridine rings is 1. The van der Waals surface area contributed by atoms with Crippen molar-refractivity contribution in [3.8, 4) is 0 Å². The summed E-state index contributed by atoms with van der Waals surface area (Å²) in [5, 5.41) is 2.78. The van der Waals surface area contributed by atoms with E-state index in [2.05, 4.69) is 10.3 Å². The van der Waals surface area contributed by atoms with Crippen LogP contribution in [0.5, 0.6) is 0 Å². The molecule has 0 spiro atoms. The Bertz CT molecular complexity index is 467. The van der Waals surface area contributed by atoms with Crippen LogP contribution in [0.25, 0.3) is 0 Å². The van der Waals surface area contributed by atoms with Crippen LogP contribution in [0.1, 0.15) is 31.5 Å². The molecule has 0 saturated heterocycles. The SMILES string of the molecule is CCC(C)(C(=O)Nc1cc(C)cc(C)n1)C(N)=S. The van der Waals surface area contributed by atoms with E-state index in [0.717, 1.165) is 11.3 Å². The normalized spacial score (nSPS) is 13.8. The van der Waals surface area contributed by atoms with Crippen molar-refractivity contribution >= 4 is 28.9 Å². The van der Waals surface area contributed by atoms with Crippen molar-refractivity contribution in [3.63, 3.8) is 0 Å². The van der Waals surface area contributed by atoms with Crippen molar-refractivity contribution < 1.29 is 4.79 Å². The highest BCUT2D eigenvalue weighted by molar-refractivity contribution is 7.80. The van der Waals surface area contributed by atoms with Crippen LogP contribution in [0.2, 0.25) is 0 Å². The second-order valence-corrected chi connectivity index (χ2v) is 5.11. The molecule has 0 aliphatic rings. The summed E-state index contributed by atoms with van der Waals surface area (Å²) < 4.78 is 0. The number of carbonyl (C=O) groups is 1. The number of aromatic nitrogens is 1. The number of rotatable bonds is 4. The Balaban J connectivity index is 2.97. The van der Waals surface area contributed by atoms with Gasteiger partial charge in [0.25, 0.3) is 0 Å². The molecule has 1 unspecified atom stereocenters. The molecule has 1 amide bonds. The second kappa shape index (κ2) is 5.44. The van der Waals surface area contributed by atoms with Gasteiger partial charge in [-0.05, 0) is 44.9 Å². The Morgan fingerprint density at radius 3 is 2.56 bits per heavy atom. The molecule has 0 aromatic carbocycles. The lowest BCUT2D eigenvalue weighted by Crippen LogP contribution is -2.43. The molecular weight excluding hydrogens is 246 g/mol. The maximum Gasteiger partial charge on any atom is 0.238 e. The first-order valence-electron chi connectivity index (χ1n) is 5.86. The van der Waals surface area contributed by atoms with Gasteiger partial charge in [0.2, 0.25) is 5.91 Å². The quantitative estimate of drug-likeness (QED) is 0.820. The monoisotopic (exact) mass is 265 g/mol. The Kier molecular flexibility index (Phi) is 4.40. The van der Waals surface area contributed by atoms with Crippen molar-refractivity contribution in [1.29, 1.82) is 0 Å². The minimum Gasteiger partial charge on any atom is -0.392 e. The Hall–Kier alpha value is -1.49. The molecule has 0 bridgehead atoms. The van der Waals surface area contributed by atoms with E-state index in [1.807, 2.05) is 32.9 Å². The number of anilines is 1. The molecule has 1 atom stereocenters. The summed E-state index contributed by atoms with van der Waals surface area (Å²) in [4.78, 5) is 16.7. The van der Waals surface area contributed by atoms with Crippen LogP contribution < -0.4 is 11.1 Å². The molecule has 98 valence electrons. The number of hydrogen-bond donors (Lipinski definition) is 2. The maximum absolute atomic E-state index is 12.2. The molecule has 1 heterocycles. The summed E-state index contributed by atoms with van der Waals surface area (Å²) in [6.07, 6.45) is 0.555. The fourth-order valence-electron chi connectivity index (χ4n) is 1.61. The van der Waals surface area contributed by atoms with Gasteiger partial charge in [0.05, 0.1) is 10.4 Å². The predicted molar refractivity (Wildman–Crippen MR) is 77.5 cm³/mol. The summed E-state index contributed by atoms with van der Waals surface area (Å²) in [6.45, 7) is 7.47. The van der Waals surface area contributed by atoms with Gasteiger partial charge in [0.15, 0.2) is 0 Å². The second-order valence-electron chi connectivity index (χ2n) is 4.68. The van der Waals surface area contributed by atoms with E-state index < -0.39 is 5.41 Å². The van der Waals surface area contributed by atoms with Gasteiger partial charge in [-0.15, -0.1) is 0 Å². The van der Waals surface area contributed by atoms with Crippen molar-refractivity contribution in [1.82, 2.24) is 4.98 Å². The van der Waals surface area contributed by atoms with Gasteiger partial charge in [0.1, 0.15) is 5.82 Å². The summed E-state index contributed by atoms with van der Waals surface area (Å²) >= 11 is 4.97. The first-order chi connectivity index (χ1) is 8.29. The molecule has 1 aromatic heterocycles. The zero-order valence-electron chi connectivity index (χ0n) is 11.2. The first-order valence-corrected chi connectivity index (χ1v) is 6.27. The first kappa shape index (κ1) is 14.6. The minimum atomic E-state index is -0.839. The van der Waals surface area contributed by atoms with Crippen LogP contribution >= 0.6 is 12.2 Å². The Labute approximate surface area is 113 Å². The third-order valence-electron chi connectivity index (χ3n) is 3.09. The molecule has 18 heavy (non-hydrogen) atoms. The van der Waals surface area contributed by atoms with Gasteiger partial charge in [0, 0.05) is 5.69 Å². The van der Waals surface area contributed by atoms with E-state index in [9.17, 15) is 4.79 Å². The van der Waals surface area contributed by atoms with Crippen LogP contribution in [0.3, 0.4) is 0 Å². The Morgan fingerprint density at radius 1 is 1.50 bits per heavy atom. The molecule has 5 heteroatoms. The number of aryl methyl sites for hydroxylation is 2. The number of carbonyl (C=O) groups excluding carboxylic acids is 1. The molecule has 3 N–H and O–H groups in total. The third-order valence-corrected chi connectivity index (χ3v) is 3.54. The molecule has 1 aromatic rings. The number of thiocarbonyl (C=S) groups is 1. The van der Waals surface area contributed by atoms with Crippen LogP contribution in [0.4, 0.5) is 5.82 Å². The molecule has 0 aliphatic heterocycles. The molecule has 1 rings (SSSR count). The lowest BCUT2D eigenvalue weighted by Gasteiger charge is -2.25. The van der Waals surface area contributed by atoms with E-state index in [-0.39, 0.29) is 10.9 Å². The number of amides is 1. The minimum absolute atomic E-state index is 0.201. The highest BCUT2D eigenvalue weighted by atomic mass is 32.1. The molecule has 0 radical (unpaired) electrons. The molecular formula is C13H19N3OS. The average Bonchev–Trinajstić information content (AvgIpc) is 2.25. The molecule has 0 fully saturated rings. The van der Waals surface area contributed by atoms with E-state index in [1.165, 1.54) is 0 Å².